The van der Waals surface area contributed by atoms with Gasteiger partial charge >= 0.3 is 0 Å². The third-order valence-electron chi connectivity index (χ3n) is 17.9. The number of rotatable bonds is 7. The second-order valence-corrected chi connectivity index (χ2v) is 32.4. The van der Waals surface area contributed by atoms with Gasteiger partial charge in [0.25, 0.3) is 0 Å². The van der Waals surface area contributed by atoms with E-state index in [1.807, 2.05) is 0 Å². The molecule has 0 unspecified atom stereocenters. The molecule has 0 radical (unpaired) electrons. The minimum Gasteiger partial charge on any atom is -0.507 e. The quantitative estimate of drug-likeness (QED) is 0.162. The molecule has 0 atom stereocenters. The van der Waals surface area contributed by atoms with E-state index in [0.717, 1.165) is 77.9 Å². The first-order chi connectivity index (χ1) is 39.9. The standard InChI is InChI=1S/C78H76N4OSi/c1-75(2,3)52-35-31-48(32-36-52)49-33-38-55(39-34-49)81-66-28-20-18-25-56(66)63-47-79-65(46-69(63)81)51-41-60-57-26-19-21-30-70(57)84(13,14)73(60)61(42-51)58-27-22-29-68-71(58)80-74(62-44-54(77(7,8)9)45-64(72(62)83)78(10,11)12)82(68)67-40-37-53(76(4,5)6)43-59(67)50-23-16-15-17-24-50/h15-47,83H,1-14H3. The number of aromatic hydroxyl groups is 1. The van der Waals surface area contributed by atoms with Crippen LogP contribution in [0.25, 0.3) is 111 Å². The first-order valence-corrected chi connectivity index (χ1v) is 32.9. The van der Waals surface area contributed by atoms with Crippen molar-refractivity contribution < 1.29 is 5.11 Å². The summed E-state index contributed by atoms with van der Waals surface area (Å²) in [6.45, 7) is 32.0. The molecule has 0 saturated carbocycles. The van der Waals surface area contributed by atoms with Crippen molar-refractivity contribution in [2.75, 3.05) is 0 Å². The summed E-state index contributed by atoms with van der Waals surface area (Å²) in [5, 5.41) is 18.0. The average molecular weight is 1110 g/mol. The van der Waals surface area contributed by atoms with E-state index in [1.54, 1.807) is 0 Å². The predicted molar refractivity (Wildman–Crippen MR) is 359 cm³/mol. The van der Waals surface area contributed by atoms with Crippen LogP contribution in [0, 0.1) is 0 Å². The first kappa shape index (κ1) is 54.7. The number of pyridine rings is 1. The van der Waals surface area contributed by atoms with Crippen LogP contribution in [-0.4, -0.2) is 32.3 Å². The highest BCUT2D eigenvalue weighted by molar-refractivity contribution is 7.04. The maximum atomic E-state index is 12.9. The van der Waals surface area contributed by atoms with Crippen molar-refractivity contribution in [2.45, 2.75) is 118 Å². The third-order valence-corrected chi connectivity index (χ3v) is 21.5. The molecule has 12 aromatic rings. The van der Waals surface area contributed by atoms with Gasteiger partial charge in [-0.3, -0.25) is 9.55 Å². The topological polar surface area (TPSA) is 55.9 Å². The Morgan fingerprint density at radius 3 is 1.67 bits per heavy atom. The molecule has 6 heteroatoms. The fourth-order valence-corrected chi connectivity index (χ4v) is 16.6. The zero-order valence-electron chi connectivity index (χ0n) is 51.3. The number of benzene rings is 9. The Balaban J connectivity index is 1.07. The van der Waals surface area contributed by atoms with E-state index in [-0.39, 0.29) is 27.4 Å². The average Bonchev–Trinajstić information content (AvgIpc) is 1.62. The van der Waals surface area contributed by atoms with Crippen molar-refractivity contribution in [2.24, 2.45) is 0 Å². The van der Waals surface area contributed by atoms with Crippen molar-refractivity contribution in [3.8, 4) is 84.3 Å². The summed E-state index contributed by atoms with van der Waals surface area (Å²) in [6.07, 6.45) is 2.09. The number of para-hydroxylation sites is 2. The lowest BCUT2D eigenvalue weighted by Gasteiger charge is -2.28. The monoisotopic (exact) mass is 1110 g/mol. The van der Waals surface area contributed by atoms with Crippen LogP contribution in [0.15, 0.2) is 200 Å². The van der Waals surface area contributed by atoms with Crippen LogP contribution >= 0.6 is 0 Å². The molecule has 0 bridgehead atoms. The van der Waals surface area contributed by atoms with Gasteiger partial charge in [-0.2, -0.15) is 0 Å². The number of fused-ring (bicyclic) bond motifs is 7. The number of hydrogen-bond acceptors (Lipinski definition) is 3. The number of hydrogen-bond donors (Lipinski definition) is 1. The van der Waals surface area contributed by atoms with Crippen LogP contribution in [0.4, 0.5) is 0 Å². The Bertz CT molecular complexity index is 4590. The van der Waals surface area contributed by atoms with E-state index in [2.05, 4.69) is 306 Å². The highest BCUT2D eigenvalue weighted by atomic mass is 28.3. The second kappa shape index (κ2) is 19.5. The molecular weight excluding hydrogens is 1040 g/mol. The van der Waals surface area contributed by atoms with E-state index in [0.29, 0.717) is 11.4 Å². The maximum absolute atomic E-state index is 12.9. The van der Waals surface area contributed by atoms with Crippen molar-refractivity contribution >= 4 is 51.3 Å². The van der Waals surface area contributed by atoms with Gasteiger partial charge in [0.2, 0.25) is 0 Å². The second-order valence-electron chi connectivity index (χ2n) is 28.1. The number of nitrogens with zero attached hydrogens (tertiary/aromatic N) is 4. The first-order valence-electron chi connectivity index (χ1n) is 29.9. The summed E-state index contributed by atoms with van der Waals surface area (Å²) in [5.74, 6) is 0.958. The lowest BCUT2D eigenvalue weighted by Crippen LogP contribution is -2.50. The summed E-state index contributed by atoms with van der Waals surface area (Å²) in [6, 6.07) is 71.7. The fourth-order valence-electron chi connectivity index (χ4n) is 13.1. The molecule has 13 rings (SSSR count). The van der Waals surface area contributed by atoms with Crippen LogP contribution in [0.2, 0.25) is 13.1 Å². The molecule has 0 amide bonds. The maximum Gasteiger partial charge on any atom is 0.149 e. The molecule has 4 heterocycles. The Hall–Kier alpha value is -8.58. The van der Waals surface area contributed by atoms with Crippen molar-refractivity contribution in [1.82, 2.24) is 19.1 Å². The zero-order chi connectivity index (χ0) is 59.0. The lowest BCUT2D eigenvalue weighted by atomic mass is 9.79. The lowest BCUT2D eigenvalue weighted by molar-refractivity contribution is 0.446. The van der Waals surface area contributed by atoms with Gasteiger partial charge in [-0.1, -0.05) is 230 Å². The van der Waals surface area contributed by atoms with E-state index in [4.69, 9.17) is 9.97 Å². The largest absolute Gasteiger partial charge is 0.507 e. The molecular formula is C78H76N4OSi. The molecule has 3 aromatic heterocycles. The molecule has 9 aromatic carbocycles. The summed E-state index contributed by atoms with van der Waals surface area (Å²) in [7, 11) is -2.36. The zero-order valence-corrected chi connectivity index (χ0v) is 52.3. The SMILES string of the molecule is CC(C)(C)c1ccc(-c2ccc(-n3c4ccccc4c4cnc(-c5cc6c(c(-c7cccc8c7nc(-c7cc(C(C)(C)C)cc(C(C)(C)C)c7O)n8-c7ccc(C(C)(C)C)cc7-c7ccccc7)c5)[Si](C)(C)c5ccccc5-6)cc43)cc2)cc1. The molecule has 1 N–H and O–H groups in total. The smallest absolute Gasteiger partial charge is 0.149 e. The van der Waals surface area contributed by atoms with Crippen LogP contribution in [-0.2, 0) is 21.7 Å². The molecule has 0 aliphatic carbocycles. The molecule has 1 aliphatic rings. The fraction of sp³-hybridized carbons (Fsp3) is 0.231. The normalized spacial score (nSPS) is 13.5. The summed E-state index contributed by atoms with van der Waals surface area (Å²) in [5.41, 5.74) is 22.3. The molecule has 0 saturated heterocycles. The van der Waals surface area contributed by atoms with Crippen LogP contribution in [0.1, 0.15) is 105 Å². The minimum atomic E-state index is -2.36. The van der Waals surface area contributed by atoms with Gasteiger partial charge in [0.1, 0.15) is 19.6 Å². The van der Waals surface area contributed by atoms with Crippen LogP contribution in [0.3, 0.4) is 0 Å². The molecule has 5 nitrogen and oxygen atoms in total. The molecule has 84 heavy (non-hydrogen) atoms. The number of phenols is 1. The molecule has 418 valence electrons. The van der Waals surface area contributed by atoms with E-state index in [9.17, 15) is 5.11 Å². The summed E-state index contributed by atoms with van der Waals surface area (Å²) in [4.78, 5) is 11.3. The van der Waals surface area contributed by atoms with Crippen molar-refractivity contribution in [1.29, 1.82) is 0 Å². The van der Waals surface area contributed by atoms with E-state index >= 15 is 0 Å². The summed E-state index contributed by atoms with van der Waals surface area (Å²) >= 11 is 0. The van der Waals surface area contributed by atoms with Gasteiger partial charge in [-0.15, -0.1) is 0 Å². The van der Waals surface area contributed by atoms with E-state index < -0.39 is 8.07 Å². The highest BCUT2D eigenvalue weighted by Gasteiger charge is 2.41. The predicted octanol–water partition coefficient (Wildman–Crippen LogP) is 19.6. The Labute approximate surface area is 497 Å². The Morgan fingerprint density at radius 1 is 0.405 bits per heavy atom. The van der Waals surface area contributed by atoms with Gasteiger partial charge < -0.3 is 9.67 Å². The van der Waals surface area contributed by atoms with Crippen LogP contribution < -0.4 is 10.4 Å². The van der Waals surface area contributed by atoms with Gasteiger partial charge in [-0.05, 0) is 143 Å². The van der Waals surface area contributed by atoms with Crippen LogP contribution in [0.5, 0.6) is 5.75 Å². The van der Waals surface area contributed by atoms with Crippen molar-refractivity contribution in [3.63, 3.8) is 0 Å². The number of aromatic nitrogens is 4. The highest BCUT2D eigenvalue weighted by Crippen LogP contribution is 2.47. The van der Waals surface area contributed by atoms with Gasteiger partial charge in [0, 0.05) is 44.9 Å². The number of imidazole rings is 1. The molecule has 0 fully saturated rings. The van der Waals surface area contributed by atoms with Crippen molar-refractivity contribution in [3.05, 3.63) is 223 Å². The third kappa shape index (κ3) is 9.12. The molecule has 1 aliphatic heterocycles. The van der Waals surface area contributed by atoms with E-state index in [1.165, 1.54) is 54.7 Å². The number of phenolic OH excluding ortho intramolecular Hbond substituents is 1. The van der Waals surface area contributed by atoms with Gasteiger partial charge in [0.15, 0.2) is 0 Å². The minimum absolute atomic E-state index is 0.0919. The Kier molecular flexibility index (Phi) is 12.7. The summed E-state index contributed by atoms with van der Waals surface area (Å²) < 4.78 is 4.75. The Morgan fingerprint density at radius 2 is 0.988 bits per heavy atom. The van der Waals surface area contributed by atoms with Gasteiger partial charge in [0.05, 0.1) is 39.0 Å². The van der Waals surface area contributed by atoms with Gasteiger partial charge in [-0.25, -0.2) is 4.98 Å². The molecule has 0 spiro atoms.